The number of rotatable bonds is 7. The summed E-state index contributed by atoms with van der Waals surface area (Å²) in [5.41, 5.74) is 1.50. The molecule has 3 rings (SSSR count). The van der Waals surface area contributed by atoms with Gasteiger partial charge in [0, 0.05) is 35.4 Å². The summed E-state index contributed by atoms with van der Waals surface area (Å²) in [5, 5.41) is 8.53. The highest BCUT2D eigenvalue weighted by atomic mass is 32.1. The lowest BCUT2D eigenvalue weighted by Crippen LogP contribution is -2.49. The van der Waals surface area contributed by atoms with Gasteiger partial charge >= 0.3 is 0 Å². The molecule has 0 aliphatic heterocycles. The molecule has 2 heterocycles. The fourth-order valence-electron chi connectivity index (χ4n) is 3.10. The molecule has 2 amide bonds. The van der Waals surface area contributed by atoms with Gasteiger partial charge in [-0.25, -0.2) is 0 Å². The van der Waals surface area contributed by atoms with Crippen molar-refractivity contribution in [3.05, 3.63) is 77.1 Å². The smallest absolute Gasteiger partial charge is 0.276 e. The Morgan fingerprint density at radius 1 is 1.13 bits per heavy atom. The maximum atomic E-state index is 13.3. The first-order chi connectivity index (χ1) is 14.3. The zero-order valence-corrected chi connectivity index (χ0v) is 18.1. The molecular weight excluding hydrogens is 398 g/mol. The molecule has 2 aromatic heterocycles. The molecule has 0 spiro atoms. The quantitative estimate of drug-likeness (QED) is 0.630. The van der Waals surface area contributed by atoms with Crippen molar-refractivity contribution in [2.45, 2.75) is 38.8 Å². The molecule has 0 unspecified atom stereocenters. The second-order valence-corrected chi connectivity index (χ2v) is 8.56. The molecule has 0 fully saturated rings. The summed E-state index contributed by atoms with van der Waals surface area (Å²) in [4.78, 5) is 32.4. The third kappa shape index (κ3) is 5.70. The predicted octanol–water partition coefficient (Wildman–Crippen LogP) is 3.27. The lowest BCUT2D eigenvalue weighted by atomic mass is 10.0. The van der Waals surface area contributed by atoms with E-state index in [1.807, 2.05) is 57.2 Å². The summed E-state index contributed by atoms with van der Waals surface area (Å²) in [7, 11) is 0. The van der Waals surface area contributed by atoms with Crippen LogP contribution in [0.5, 0.6) is 0 Å². The minimum absolute atomic E-state index is 0.227. The van der Waals surface area contributed by atoms with Crippen LogP contribution in [0.1, 0.15) is 48.4 Å². The van der Waals surface area contributed by atoms with Gasteiger partial charge in [0.2, 0.25) is 5.91 Å². The zero-order chi connectivity index (χ0) is 21.6. The number of nitrogens with one attached hydrogen (secondary N) is 1. The molecule has 1 atom stereocenters. The van der Waals surface area contributed by atoms with E-state index in [-0.39, 0.29) is 17.5 Å². The number of aromatic nitrogens is 3. The average Bonchev–Trinajstić information content (AvgIpc) is 3.25. The third-order valence-electron chi connectivity index (χ3n) is 4.38. The van der Waals surface area contributed by atoms with Crippen molar-refractivity contribution < 1.29 is 9.59 Å². The molecule has 0 radical (unpaired) electrons. The summed E-state index contributed by atoms with van der Waals surface area (Å²) in [5.74, 6) is -0.599. The first-order valence-corrected chi connectivity index (χ1v) is 10.5. The van der Waals surface area contributed by atoms with E-state index in [0.717, 1.165) is 17.1 Å². The highest BCUT2D eigenvalue weighted by Crippen LogP contribution is 2.24. The van der Waals surface area contributed by atoms with Gasteiger partial charge in [-0.3, -0.25) is 14.6 Å². The maximum absolute atomic E-state index is 13.3. The SMILES string of the molecule is CC(C)(C)NC(=O)[C@@H](c1cccnc1)N(CCc1ccccc1)C(=O)c1csnn1. The van der Waals surface area contributed by atoms with Crippen LogP contribution in [-0.2, 0) is 11.2 Å². The largest absolute Gasteiger partial charge is 0.349 e. The first kappa shape index (κ1) is 21.6. The minimum Gasteiger partial charge on any atom is -0.349 e. The highest BCUT2D eigenvalue weighted by molar-refractivity contribution is 7.03. The highest BCUT2D eigenvalue weighted by Gasteiger charge is 2.34. The molecule has 0 aliphatic carbocycles. The van der Waals surface area contributed by atoms with Gasteiger partial charge in [0.25, 0.3) is 5.91 Å². The van der Waals surface area contributed by atoms with E-state index in [1.165, 1.54) is 0 Å². The van der Waals surface area contributed by atoms with Gasteiger partial charge in [0.05, 0.1) is 0 Å². The Kier molecular flexibility index (Phi) is 6.89. The van der Waals surface area contributed by atoms with Crippen LogP contribution >= 0.6 is 11.5 Å². The topological polar surface area (TPSA) is 88.1 Å². The summed E-state index contributed by atoms with van der Waals surface area (Å²) < 4.78 is 3.81. The number of carbonyl (C=O) groups is 2. The van der Waals surface area contributed by atoms with Crippen molar-refractivity contribution in [3.8, 4) is 0 Å². The zero-order valence-electron chi connectivity index (χ0n) is 17.3. The van der Waals surface area contributed by atoms with E-state index < -0.39 is 11.6 Å². The van der Waals surface area contributed by atoms with Gasteiger partial charge in [0.15, 0.2) is 5.69 Å². The normalized spacial score (nSPS) is 12.2. The lowest BCUT2D eigenvalue weighted by Gasteiger charge is -2.33. The third-order valence-corrected chi connectivity index (χ3v) is 4.89. The van der Waals surface area contributed by atoms with Gasteiger partial charge < -0.3 is 10.2 Å². The fraction of sp³-hybridized carbons (Fsp3) is 0.318. The molecule has 0 saturated heterocycles. The van der Waals surface area contributed by atoms with Crippen LogP contribution in [0.25, 0.3) is 0 Å². The number of benzene rings is 1. The lowest BCUT2D eigenvalue weighted by molar-refractivity contribution is -0.127. The second-order valence-electron chi connectivity index (χ2n) is 7.95. The summed E-state index contributed by atoms with van der Waals surface area (Å²) in [6.07, 6.45) is 3.86. The van der Waals surface area contributed by atoms with Gasteiger partial charge in [-0.1, -0.05) is 40.9 Å². The van der Waals surface area contributed by atoms with Crippen LogP contribution < -0.4 is 5.32 Å². The van der Waals surface area contributed by atoms with Crippen molar-refractivity contribution in [2.24, 2.45) is 0 Å². The number of pyridine rings is 1. The van der Waals surface area contributed by atoms with Crippen LogP contribution in [0.3, 0.4) is 0 Å². The Labute approximate surface area is 180 Å². The van der Waals surface area contributed by atoms with Gasteiger partial charge in [-0.2, -0.15) is 0 Å². The van der Waals surface area contributed by atoms with E-state index in [0.29, 0.717) is 18.5 Å². The molecule has 0 saturated carbocycles. The molecule has 0 bridgehead atoms. The van der Waals surface area contributed by atoms with Crippen molar-refractivity contribution in [2.75, 3.05) is 6.54 Å². The standard InChI is InChI=1S/C22H25N5O2S/c1-22(2,3)24-20(28)19(17-10-7-12-23-14-17)27(21(29)18-15-30-26-25-18)13-11-16-8-5-4-6-9-16/h4-10,12,14-15,19H,11,13H2,1-3H3,(H,24,28)/t19-/m1/s1. The molecule has 7 nitrogen and oxygen atoms in total. The minimum atomic E-state index is -0.837. The molecule has 1 aromatic carbocycles. The van der Waals surface area contributed by atoms with Crippen LogP contribution in [0, 0.1) is 0 Å². The van der Waals surface area contributed by atoms with E-state index in [9.17, 15) is 9.59 Å². The number of hydrogen-bond acceptors (Lipinski definition) is 6. The Balaban J connectivity index is 1.98. The van der Waals surface area contributed by atoms with Crippen LogP contribution in [-0.4, -0.2) is 43.4 Å². The van der Waals surface area contributed by atoms with E-state index >= 15 is 0 Å². The van der Waals surface area contributed by atoms with E-state index in [2.05, 4.69) is 19.9 Å². The van der Waals surface area contributed by atoms with Crippen molar-refractivity contribution in [3.63, 3.8) is 0 Å². The van der Waals surface area contributed by atoms with Crippen molar-refractivity contribution in [1.29, 1.82) is 0 Å². The van der Waals surface area contributed by atoms with Gasteiger partial charge in [-0.15, -0.1) is 5.10 Å². The number of hydrogen-bond donors (Lipinski definition) is 1. The van der Waals surface area contributed by atoms with Gasteiger partial charge in [-0.05, 0) is 50.4 Å². The predicted molar refractivity (Wildman–Crippen MR) is 116 cm³/mol. The van der Waals surface area contributed by atoms with Crippen LogP contribution in [0.2, 0.25) is 0 Å². The molecule has 1 N–H and O–H groups in total. The second kappa shape index (κ2) is 9.58. The van der Waals surface area contributed by atoms with E-state index in [4.69, 9.17) is 0 Å². The Morgan fingerprint density at radius 3 is 2.50 bits per heavy atom. The number of nitrogens with zero attached hydrogens (tertiary/aromatic N) is 4. The van der Waals surface area contributed by atoms with Gasteiger partial charge in [0.1, 0.15) is 6.04 Å². The number of amides is 2. The van der Waals surface area contributed by atoms with Crippen LogP contribution in [0.4, 0.5) is 0 Å². The Hall–Kier alpha value is -3.13. The molecule has 30 heavy (non-hydrogen) atoms. The molecular formula is C22H25N5O2S. The Bertz CT molecular complexity index is 956. The number of carbonyl (C=O) groups excluding carboxylic acids is 2. The maximum Gasteiger partial charge on any atom is 0.276 e. The van der Waals surface area contributed by atoms with E-state index in [1.54, 1.807) is 28.7 Å². The molecule has 8 heteroatoms. The Morgan fingerprint density at radius 2 is 1.90 bits per heavy atom. The van der Waals surface area contributed by atoms with Crippen molar-refractivity contribution >= 4 is 23.3 Å². The first-order valence-electron chi connectivity index (χ1n) is 9.69. The monoisotopic (exact) mass is 423 g/mol. The average molecular weight is 424 g/mol. The summed E-state index contributed by atoms with van der Waals surface area (Å²) in [6, 6.07) is 12.6. The van der Waals surface area contributed by atoms with Crippen molar-refractivity contribution in [1.82, 2.24) is 24.8 Å². The molecule has 0 aliphatic rings. The fourth-order valence-corrected chi connectivity index (χ4v) is 3.53. The van der Waals surface area contributed by atoms with Crippen LogP contribution in [0.15, 0.2) is 60.2 Å². The summed E-state index contributed by atoms with van der Waals surface area (Å²) in [6.45, 7) is 6.07. The summed E-state index contributed by atoms with van der Waals surface area (Å²) >= 11 is 1.10. The molecule has 156 valence electrons. The molecule has 3 aromatic rings.